The lowest BCUT2D eigenvalue weighted by atomic mass is 10.1. The third kappa shape index (κ3) is 5.73. The lowest BCUT2D eigenvalue weighted by molar-refractivity contribution is -0.126. The fraction of sp³-hybridized carbons (Fsp3) is 0.818. The Bertz CT molecular complexity index is 178. The first-order valence-corrected chi connectivity index (χ1v) is 5.37. The molecule has 3 nitrogen and oxygen atoms in total. The quantitative estimate of drug-likeness (QED) is 0.503. The Balaban J connectivity index is 3.78. The van der Waals surface area contributed by atoms with Crippen LogP contribution in [0, 0.1) is 5.92 Å². The number of hydrogen-bond acceptors (Lipinski definition) is 2. The maximum atomic E-state index is 11.3. The van der Waals surface area contributed by atoms with Crippen molar-refractivity contribution in [1.82, 2.24) is 5.32 Å². The van der Waals surface area contributed by atoms with Crippen LogP contribution in [0.25, 0.3) is 0 Å². The molecule has 1 amide bonds. The van der Waals surface area contributed by atoms with Crippen LogP contribution in [0.4, 0.5) is 0 Å². The minimum Gasteiger partial charge on any atom is -0.346 e. The van der Waals surface area contributed by atoms with Crippen molar-refractivity contribution in [1.29, 1.82) is 0 Å². The van der Waals surface area contributed by atoms with Gasteiger partial charge < -0.3 is 10.1 Å². The van der Waals surface area contributed by atoms with E-state index in [1.807, 2.05) is 13.8 Å². The van der Waals surface area contributed by atoms with Gasteiger partial charge in [-0.3, -0.25) is 4.79 Å². The van der Waals surface area contributed by atoms with Gasteiger partial charge in [0.25, 0.3) is 0 Å². The number of aldehydes is 1. The van der Waals surface area contributed by atoms with Gasteiger partial charge in [-0.2, -0.15) is 0 Å². The highest BCUT2D eigenvalue weighted by Crippen LogP contribution is 2.03. The summed E-state index contributed by atoms with van der Waals surface area (Å²) in [6, 6.07) is -0.295. The maximum Gasteiger partial charge on any atom is 0.223 e. The van der Waals surface area contributed by atoms with Crippen LogP contribution in [-0.4, -0.2) is 18.2 Å². The third-order valence-electron chi connectivity index (χ3n) is 2.13. The Hall–Kier alpha value is -0.860. The van der Waals surface area contributed by atoms with Crippen molar-refractivity contribution in [3.05, 3.63) is 0 Å². The predicted molar refractivity (Wildman–Crippen MR) is 57.0 cm³/mol. The number of amides is 1. The maximum absolute atomic E-state index is 11.3. The Morgan fingerprint density at radius 3 is 2.43 bits per heavy atom. The van der Waals surface area contributed by atoms with Crippen molar-refractivity contribution in [2.45, 2.75) is 52.5 Å². The molecule has 0 saturated carbocycles. The fourth-order valence-electron chi connectivity index (χ4n) is 1.14. The van der Waals surface area contributed by atoms with Gasteiger partial charge in [-0.15, -0.1) is 0 Å². The minimum absolute atomic E-state index is 0.0430. The second kappa shape index (κ2) is 7.54. The molecule has 0 spiro atoms. The van der Waals surface area contributed by atoms with Gasteiger partial charge in [-0.25, -0.2) is 0 Å². The average molecular weight is 199 g/mol. The van der Waals surface area contributed by atoms with E-state index in [1.165, 1.54) is 0 Å². The molecule has 0 aromatic rings. The molecule has 0 radical (unpaired) electrons. The molecule has 14 heavy (non-hydrogen) atoms. The predicted octanol–water partition coefficient (Wildman–Crippen LogP) is 1.91. The van der Waals surface area contributed by atoms with Gasteiger partial charge in [-0.05, 0) is 6.42 Å². The molecule has 0 aromatic heterocycles. The van der Waals surface area contributed by atoms with Crippen LogP contribution in [0.5, 0.6) is 0 Å². The van der Waals surface area contributed by atoms with Gasteiger partial charge in [0.2, 0.25) is 5.91 Å². The summed E-state index contributed by atoms with van der Waals surface area (Å²) >= 11 is 0. The SMILES string of the molecule is CCCCC[C@@H](C=O)NC(=O)C(C)C. The largest absolute Gasteiger partial charge is 0.346 e. The molecule has 0 aromatic carbocycles. The number of rotatable bonds is 7. The third-order valence-corrected chi connectivity index (χ3v) is 2.13. The van der Waals surface area contributed by atoms with E-state index in [0.29, 0.717) is 0 Å². The van der Waals surface area contributed by atoms with Crippen molar-refractivity contribution < 1.29 is 9.59 Å². The summed E-state index contributed by atoms with van der Waals surface area (Å²) in [6.07, 6.45) is 4.83. The van der Waals surface area contributed by atoms with Crippen LogP contribution in [-0.2, 0) is 9.59 Å². The fourth-order valence-corrected chi connectivity index (χ4v) is 1.14. The summed E-state index contributed by atoms with van der Waals surface area (Å²) in [4.78, 5) is 21.9. The molecule has 0 rings (SSSR count). The summed E-state index contributed by atoms with van der Waals surface area (Å²) in [5.74, 6) is -0.0952. The monoisotopic (exact) mass is 199 g/mol. The van der Waals surface area contributed by atoms with E-state index in [2.05, 4.69) is 12.2 Å². The highest BCUT2D eigenvalue weighted by atomic mass is 16.2. The molecule has 0 heterocycles. The zero-order chi connectivity index (χ0) is 11.0. The molecule has 0 aliphatic heterocycles. The van der Waals surface area contributed by atoms with Crippen LogP contribution in [0.3, 0.4) is 0 Å². The number of carbonyl (C=O) groups is 2. The molecule has 1 atom stereocenters. The van der Waals surface area contributed by atoms with E-state index in [4.69, 9.17) is 0 Å². The molecule has 0 aliphatic rings. The summed E-state index contributed by atoms with van der Waals surface area (Å²) in [5, 5.41) is 2.72. The van der Waals surface area contributed by atoms with Gasteiger partial charge in [0.05, 0.1) is 6.04 Å². The van der Waals surface area contributed by atoms with Crippen molar-refractivity contribution in [3.8, 4) is 0 Å². The standard InChI is InChI=1S/C11H21NO2/c1-4-5-6-7-10(8-13)12-11(14)9(2)3/h8-10H,4-7H2,1-3H3,(H,12,14)/t10-/m0/s1. The van der Waals surface area contributed by atoms with E-state index in [9.17, 15) is 9.59 Å². The van der Waals surface area contributed by atoms with Crippen molar-refractivity contribution in [2.24, 2.45) is 5.92 Å². The topological polar surface area (TPSA) is 46.2 Å². The van der Waals surface area contributed by atoms with E-state index in [0.717, 1.165) is 32.0 Å². The Kier molecular flexibility index (Phi) is 7.07. The van der Waals surface area contributed by atoms with Crippen LogP contribution < -0.4 is 5.32 Å². The first-order chi connectivity index (χ1) is 6.61. The molecule has 82 valence electrons. The molecular weight excluding hydrogens is 178 g/mol. The zero-order valence-electron chi connectivity index (χ0n) is 9.38. The highest BCUT2D eigenvalue weighted by molar-refractivity contribution is 5.81. The van der Waals surface area contributed by atoms with Crippen LogP contribution in [0.2, 0.25) is 0 Å². The molecule has 0 aliphatic carbocycles. The Morgan fingerprint density at radius 1 is 1.36 bits per heavy atom. The average Bonchev–Trinajstić information content (AvgIpc) is 2.16. The molecule has 1 N–H and O–H groups in total. The molecule has 0 unspecified atom stereocenters. The van der Waals surface area contributed by atoms with Gasteiger partial charge >= 0.3 is 0 Å². The molecule has 0 saturated heterocycles. The molecule has 3 heteroatoms. The smallest absolute Gasteiger partial charge is 0.223 e. The van der Waals surface area contributed by atoms with Crippen molar-refractivity contribution in [2.75, 3.05) is 0 Å². The Labute approximate surface area is 86.3 Å². The summed E-state index contributed by atoms with van der Waals surface area (Å²) in [7, 11) is 0. The normalized spacial score (nSPS) is 12.6. The van der Waals surface area contributed by atoms with Crippen molar-refractivity contribution >= 4 is 12.2 Å². The summed E-state index contributed by atoms with van der Waals surface area (Å²) < 4.78 is 0. The second-order valence-corrected chi connectivity index (χ2v) is 3.90. The second-order valence-electron chi connectivity index (χ2n) is 3.90. The lowest BCUT2D eigenvalue weighted by Gasteiger charge is -2.13. The van der Waals surface area contributed by atoms with Gasteiger partial charge in [0.15, 0.2) is 0 Å². The van der Waals surface area contributed by atoms with E-state index in [1.54, 1.807) is 0 Å². The van der Waals surface area contributed by atoms with Crippen LogP contribution >= 0.6 is 0 Å². The van der Waals surface area contributed by atoms with Gasteiger partial charge in [-0.1, -0.05) is 40.0 Å². The summed E-state index contributed by atoms with van der Waals surface area (Å²) in [6.45, 7) is 5.76. The van der Waals surface area contributed by atoms with E-state index in [-0.39, 0.29) is 17.9 Å². The molecular formula is C11H21NO2. The van der Waals surface area contributed by atoms with Gasteiger partial charge in [0, 0.05) is 5.92 Å². The first-order valence-electron chi connectivity index (χ1n) is 5.37. The number of carbonyl (C=O) groups excluding carboxylic acids is 2. The van der Waals surface area contributed by atoms with E-state index < -0.39 is 0 Å². The van der Waals surface area contributed by atoms with E-state index >= 15 is 0 Å². The highest BCUT2D eigenvalue weighted by Gasteiger charge is 2.12. The molecule has 0 fully saturated rings. The minimum atomic E-state index is -0.295. The number of unbranched alkanes of at least 4 members (excludes halogenated alkanes) is 2. The van der Waals surface area contributed by atoms with Crippen LogP contribution in [0.15, 0.2) is 0 Å². The molecule has 0 bridgehead atoms. The first kappa shape index (κ1) is 13.1. The summed E-state index contributed by atoms with van der Waals surface area (Å²) in [5.41, 5.74) is 0. The Morgan fingerprint density at radius 2 is 2.00 bits per heavy atom. The number of nitrogens with one attached hydrogen (secondary N) is 1. The number of hydrogen-bond donors (Lipinski definition) is 1. The van der Waals surface area contributed by atoms with Crippen LogP contribution in [0.1, 0.15) is 46.5 Å². The lowest BCUT2D eigenvalue weighted by Crippen LogP contribution is -2.38. The zero-order valence-corrected chi connectivity index (χ0v) is 9.38. The van der Waals surface area contributed by atoms with Gasteiger partial charge in [0.1, 0.15) is 6.29 Å². The van der Waals surface area contributed by atoms with Crippen molar-refractivity contribution in [3.63, 3.8) is 0 Å².